The van der Waals surface area contributed by atoms with Gasteiger partial charge in [0.1, 0.15) is 17.5 Å². The summed E-state index contributed by atoms with van der Waals surface area (Å²) in [4.78, 5) is 37.5. The highest BCUT2D eigenvalue weighted by atomic mass is 32.1. The summed E-state index contributed by atoms with van der Waals surface area (Å²) in [5.41, 5.74) is -1.50. The third-order valence-corrected chi connectivity index (χ3v) is 6.93. The Morgan fingerprint density at radius 1 is 1.11 bits per heavy atom. The average molecular weight is 532 g/mol. The van der Waals surface area contributed by atoms with Crippen LogP contribution >= 0.6 is 11.5 Å². The van der Waals surface area contributed by atoms with Gasteiger partial charge in [-0.15, -0.1) is 0 Å². The van der Waals surface area contributed by atoms with Gasteiger partial charge in [0.2, 0.25) is 0 Å². The van der Waals surface area contributed by atoms with Gasteiger partial charge in [0.25, 0.3) is 5.56 Å². The lowest BCUT2D eigenvalue weighted by Gasteiger charge is -2.15. The number of carbonyl (C=O) groups excluding carboxylic acids is 1. The first-order valence-electron chi connectivity index (χ1n) is 11.2. The van der Waals surface area contributed by atoms with Crippen molar-refractivity contribution in [3.05, 3.63) is 74.6 Å². The van der Waals surface area contributed by atoms with Crippen LogP contribution < -0.4 is 16.0 Å². The number of aromatic nitrogens is 3. The summed E-state index contributed by atoms with van der Waals surface area (Å²) in [6.45, 7) is 3.66. The summed E-state index contributed by atoms with van der Waals surface area (Å²) < 4.78 is 57.3. The van der Waals surface area contributed by atoms with E-state index in [0.29, 0.717) is 44.0 Å². The van der Waals surface area contributed by atoms with Gasteiger partial charge in [-0.05, 0) is 55.7 Å². The van der Waals surface area contributed by atoms with Crippen molar-refractivity contribution in [3.8, 4) is 22.7 Å². The third-order valence-electron chi connectivity index (χ3n) is 6.11. The highest BCUT2D eigenvalue weighted by Crippen LogP contribution is 2.39. The van der Waals surface area contributed by atoms with Crippen LogP contribution in [0.25, 0.3) is 27.0 Å². The van der Waals surface area contributed by atoms with E-state index < -0.39 is 35.2 Å². The highest BCUT2D eigenvalue weighted by molar-refractivity contribution is 7.13. The van der Waals surface area contributed by atoms with Gasteiger partial charge in [-0.25, -0.2) is 14.2 Å². The number of hydrogen-bond donors (Lipinski definition) is 0. The normalized spacial score (nSPS) is 17.8. The first kappa shape index (κ1) is 24.8. The van der Waals surface area contributed by atoms with Crippen LogP contribution in [-0.4, -0.2) is 31.7 Å². The molecule has 2 aromatic heterocycles. The fourth-order valence-electron chi connectivity index (χ4n) is 4.30. The lowest BCUT2D eigenvalue weighted by atomic mass is 10.0. The second-order valence-electron chi connectivity index (χ2n) is 8.84. The molecule has 192 valence electrons. The molecule has 12 heteroatoms. The second-order valence-corrected chi connectivity index (χ2v) is 9.65. The quantitative estimate of drug-likeness (QED) is 0.366. The number of halogens is 3. The molecule has 0 radical (unpaired) electrons. The van der Waals surface area contributed by atoms with Gasteiger partial charge in [0.05, 0.1) is 16.1 Å². The number of aryl methyl sites for hydroxylation is 1. The van der Waals surface area contributed by atoms with Gasteiger partial charge in [0, 0.05) is 30.5 Å². The summed E-state index contributed by atoms with van der Waals surface area (Å²) in [5.74, 6) is -0.0520. The van der Waals surface area contributed by atoms with E-state index in [1.807, 2.05) is 19.1 Å². The number of hydrogen-bond acceptors (Lipinski definition) is 7. The van der Waals surface area contributed by atoms with Crippen molar-refractivity contribution in [2.75, 3.05) is 0 Å². The first-order chi connectivity index (χ1) is 17.4. The lowest BCUT2D eigenvalue weighted by molar-refractivity contribution is -0.146. The summed E-state index contributed by atoms with van der Waals surface area (Å²) >= 11 is 1.17. The number of fused-ring (bicyclic) bond motifs is 1. The van der Waals surface area contributed by atoms with E-state index in [9.17, 15) is 27.6 Å². The minimum absolute atomic E-state index is 0.0941. The van der Waals surface area contributed by atoms with Crippen LogP contribution in [-0.2, 0) is 22.8 Å². The van der Waals surface area contributed by atoms with Gasteiger partial charge >= 0.3 is 17.8 Å². The molecule has 0 spiro atoms. The Balaban J connectivity index is 1.64. The van der Waals surface area contributed by atoms with Gasteiger partial charge < -0.3 is 9.47 Å². The third kappa shape index (κ3) is 4.41. The predicted molar refractivity (Wildman–Crippen MR) is 130 cm³/mol. The number of esters is 1. The molecule has 1 aliphatic rings. The molecule has 0 bridgehead atoms. The van der Waals surface area contributed by atoms with E-state index in [1.165, 1.54) is 23.7 Å². The van der Waals surface area contributed by atoms with Crippen molar-refractivity contribution < 1.29 is 27.4 Å². The van der Waals surface area contributed by atoms with E-state index >= 15 is 0 Å². The summed E-state index contributed by atoms with van der Waals surface area (Å²) in [5, 5.41) is 0.564. The molecule has 3 heterocycles. The molecule has 1 saturated heterocycles. The largest absolute Gasteiger partial charge is 0.478 e. The van der Waals surface area contributed by atoms with Gasteiger partial charge in [-0.2, -0.15) is 17.5 Å². The van der Waals surface area contributed by atoms with Crippen molar-refractivity contribution >= 4 is 27.6 Å². The summed E-state index contributed by atoms with van der Waals surface area (Å²) in [6, 6.07) is 10.4. The molecule has 2 unspecified atom stereocenters. The zero-order chi connectivity index (χ0) is 26.6. The number of nitrogens with zero attached hydrogens (tertiary/aromatic N) is 3. The van der Waals surface area contributed by atoms with E-state index in [2.05, 4.69) is 4.37 Å². The minimum Gasteiger partial charge on any atom is -0.478 e. The molecule has 5 rings (SSSR count). The Bertz CT molecular complexity index is 1670. The van der Waals surface area contributed by atoms with Crippen LogP contribution in [0, 0.1) is 6.92 Å². The number of ether oxygens (including phenoxy) is 2. The average Bonchev–Trinajstić information content (AvgIpc) is 3.38. The molecule has 0 amide bonds. The SMILES string of the molecule is Cc1ccc(OC2CC(C)OC2=O)c(-c2nsc3ccc(-n4c(=O)cc(C(F)(F)F)n(C)c4=O)cc23)c1. The Kier molecular flexibility index (Phi) is 5.94. The molecule has 1 aliphatic heterocycles. The predicted octanol–water partition coefficient (Wildman–Crippen LogP) is 4.22. The molecule has 2 atom stereocenters. The van der Waals surface area contributed by atoms with E-state index in [1.54, 1.807) is 19.1 Å². The molecular formula is C25H20F3N3O5S. The maximum absolute atomic E-state index is 13.3. The molecule has 8 nitrogen and oxygen atoms in total. The van der Waals surface area contributed by atoms with Crippen molar-refractivity contribution in [2.45, 2.75) is 38.7 Å². The standard InChI is InChI=1S/C25H20F3N3O5S/c1-12-4-6-17(36-18-9-13(2)35-23(18)33)15(8-12)22-16-10-14(5-7-19(16)37-29-22)31-21(32)11-20(25(26,27)28)30(3)24(31)34/h4-8,10-11,13,18H,9H2,1-3H3. The van der Waals surface area contributed by atoms with E-state index in [0.717, 1.165) is 17.3 Å². The van der Waals surface area contributed by atoms with Crippen molar-refractivity contribution in [1.29, 1.82) is 0 Å². The zero-order valence-electron chi connectivity index (χ0n) is 19.8. The maximum atomic E-state index is 13.3. The number of alkyl halides is 3. The molecular weight excluding hydrogens is 511 g/mol. The molecule has 4 aromatic rings. The van der Waals surface area contributed by atoms with Crippen LogP contribution in [0.2, 0.25) is 0 Å². The lowest BCUT2D eigenvalue weighted by Crippen LogP contribution is -2.40. The van der Waals surface area contributed by atoms with E-state index in [4.69, 9.17) is 9.47 Å². The van der Waals surface area contributed by atoms with Crippen LogP contribution in [0.1, 0.15) is 24.6 Å². The summed E-state index contributed by atoms with van der Waals surface area (Å²) in [7, 11) is 0.961. The van der Waals surface area contributed by atoms with Crippen LogP contribution in [0.5, 0.6) is 5.75 Å². The number of benzene rings is 2. The smallest absolute Gasteiger partial charge is 0.431 e. The summed E-state index contributed by atoms with van der Waals surface area (Å²) in [6.07, 6.45) is -5.50. The fraction of sp³-hybridized carbons (Fsp3) is 0.280. The van der Waals surface area contributed by atoms with E-state index in [-0.39, 0.29) is 11.8 Å². The Hall–Kier alpha value is -3.93. The number of cyclic esters (lactones) is 1. The molecule has 37 heavy (non-hydrogen) atoms. The van der Waals surface area contributed by atoms with Crippen LogP contribution in [0.4, 0.5) is 13.2 Å². The Morgan fingerprint density at radius 2 is 1.86 bits per heavy atom. The van der Waals surface area contributed by atoms with Crippen LogP contribution in [0.15, 0.2) is 52.1 Å². The number of carbonyl (C=O) groups is 1. The molecule has 0 N–H and O–H groups in total. The molecule has 0 saturated carbocycles. The maximum Gasteiger partial charge on any atom is 0.431 e. The number of rotatable bonds is 4. The highest BCUT2D eigenvalue weighted by Gasteiger charge is 2.36. The first-order valence-corrected chi connectivity index (χ1v) is 12.0. The van der Waals surface area contributed by atoms with Crippen molar-refractivity contribution in [1.82, 2.24) is 13.5 Å². The second kappa shape index (κ2) is 8.87. The molecule has 1 fully saturated rings. The fourth-order valence-corrected chi connectivity index (χ4v) is 5.07. The topological polar surface area (TPSA) is 92.4 Å². The van der Waals surface area contributed by atoms with Crippen molar-refractivity contribution in [3.63, 3.8) is 0 Å². The van der Waals surface area contributed by atoms with Crippen molar-refractivity contribution in [2.24, 2.45) is 7.05 Å². The van der Waals surface area contributed by atoms with Gasteiger partial charge in [0.15, 0.2) is 6.10 Å². The minimum atomic E-state index is -4.86. The van der Waals surface area contributed by atoms with Gasteiger partial charge in [-0.1, -0.05) is 11.6 Å². The Morgan fingerprint density at radius 3 is 2.54 bits per heavy atom. The molecule has 0 aliphatic carbocycles. The zero-order valence-corrected chi connectivity index (χ0v) is 20.6. The Labute approximate surface area is 211 Å². The molecule has 2 aromatic carbocycles. The van der Waals surface area contributed by atoms with Gasteiger partial charge in [-0.3, -0.25) is 9.36 Å². The monoisotopic (exact) mass is 531 g/mol. The van der Waals surface area contributed by atoms with Crippen LogP contribution in [0.3, 0.4) is 0 Å².